The van der Waals surface area contributed by atoms with Crippen molar-refractivity contribution in [3.05, 3.63) is 113 Å². The number of rotatable bonds is 13. The van der Waals surface area contributed by atoms with Crippen molar-refractivity contribution in [3.63, 3.8) is 0 Å². The second-order valence-corrected chi connectivity index (χ2v) is 11.2. The van der Waals surface area contributed by atoms with E-state index < -0.39 is 11.6 Å². The largest absolute Gasteiger partial charge is 0.497 e. The third-order valence-electron chi connectivity index (χ3n) is 7.71. The van der Waals surface area contributed by atoms with Gasteiger partial charge in [0.25, 0.3) is 0 Å². The highest BCUT2D eigenvalue weighted by atomic mass is 32.1. The molecule has 3 aromatic carbocycles. The molecule has 45 heavy (non-hydrogen) atoms. The Hall–Kier alpha value is -4.82. The molecule has 0 radical (unpaired) electrons. The molecule has 1 aromatic heterocycles. The standard InChI is InChI=1S/C34H36F2N6O2S/c1-4-23(2)32(40-33(43)16-27-18-38-22-42(27)19-25-10-8-24(17-37)9-11-25)21-41(20-29-30(35)6-5-7-31(29)36)34(45)39-26-12-14-28(44-3)15-13-26/h5-15,18,22-23,32H,4,16,19-21H2,1-3H3,(H,39,45)(H,40,43)/t23-,32+/m0/s1. The number of hydrogen-bond acceptors (Lipinski definition) is 5. The molecule has 2 atom stereocenters. The summed E-state index contributed by atoms with van der Waals surface area (Å²) in [4.78, 5) is 19.3. The number of nitrogens with one attached hydrogen (secondary N) is 2. The van der Waals surface area contributed by atoms with Gasteiger partial charge in [0.1, 0.15) is 17.4 Å². The van der Waals surface area contributed by atoms with E-state index >= 15 is 0 Å². The van der Waals surface area contributed by atoms with Crippen LogP contribution >= 0.6 is 12.2 Å². The second kappa shape index (κ2) is 15.8. The maximum atomic E-state index is 14.8. The van der Waals surface area contributed by atoms with Crippen LogP contribution < -0.4 is 15.4 Å². The number of aromatic nitrogens is 2. The van der Waals surface area contributed by atoms with Gasteiger partial charge in [-0.1, -0.05) is 38.5 Å². The number of halogens is 2. The Kier molecular flexibility index (Phi) is 11.6. The van der Waals surface area contributed by atoms with E-state index in [-0.39, 0.29) is 48.1 Å². The maximum absolute atomic E-state index is 14.8. The van der Waals surface area contributed by atoms with Crippen LogP contribution in [0.25, 0.3) is 0 Å². The molecule has 8 nitrogen and oxygen atoms in total. The molecular weight excluding hydrogens is 594 g/mol. The molecule has 4 aromatic rings. The van der Waals surface area contributed by atoms with Crippen LogP contribution in [0.1, 0.15) is 42.7 Å². The van der Waals surface area contributed by atoms with E-state index in [1.807, 2.05) is 30.5 Å². The highest BCUT2D eigenvalue weighted by Gasteiger charge is 2.25. The van der Waals surface area contributed by atoms with Gasteiger partial charge >= 0.3 is 0 Å². The maximum Gasteiger partial charge on any atom is 0.226 e. The van der Waals surface area contributed by atoms with Crippen LogP contribution in [0.3, 0.4) is 0 Å². The molecule has 0 aliphatic carbocycles. The van der Waals surface area contributed by atoms with Crippen LogP contribution in [-0.4, -0.2) is 45.2 Å². The summed E-state index contributed by atoms with van der Waals surface area (Å²) in [5.41, 5.74) is 2.84. The lowest BCUT2D eigenvalue weighted by Gasteiger charge is -2.33. The highest BCUT2D eigenvalue weighted by molar-refractivity contribution is 7.80. The predicted molar refractivity (Wildman–Crippen MR) is 174 cm³/mol. The van der Waals surface area contributed by atoms with E-state index in [1.165, 1.54) is 18.2 Å². The summed E-state index contributed by atoms with van der Waals surface area (Å²) in [5, 5.41) is 15.6. The van der Waals surface area contributed by atoms with Crippen LogP contribution in [0.5, 0.6) is 5.75 Å². The first-order valence-electron chi connectivity index (χ1n) is 14.6. The van der Waals surface area contributed by atoms with Gasteiger partial charge in [0.15, 0.2) is 5.11 Å². The molecule has 0 aliphatic rings. The van der Waals surface area contributed by atoms with Gasteiger partial charge in [-0.2, -0.15) is 5.26 Å². The third-order valence-corrected chi connectivity index (χ3v) is 8.07. The zero-order chi connectivity index (χ0) is 32.3. The van der Waals surface area contributed by atoms with Crippen molar-refractivity contribution in [3.8, 4) is 11.8 Å². The Morgan fingerprint density at radius 2 is 1.80 bits per heavy atom. The summed E-state index contributed by atoms with van der Waals surface area (Å²) < 4.78 is 36.6. The van der Waals surface area contributed by atoms with E-state index in [2.05, 4.69) is 21.7 Å². The van der Waals surface area contributed by atoms with Crippen molar-refractivity contribution >= 4 is 28.9 Å². The molecule has 234 valence electrons. The first kappa shape index (κ1) is 33.1. The number of benzene rings is 3. The molecule has 0 fully saturated rings. The van der Waals surface area contributed by atoms with Gasteiger partial charge in [0.05, 0.1) is 38.0 Å². The Morgan fingerprint density at radius 3 is 2.42 bits per heavy atom. The quantitative estimate of drug-likeness (QED) is 0.173. The van der Waals surface area contributed by atoms with E-state index in [1.54, 1.807) is 60.9 Å². The topological polar surface area (TPSA) is 95.2 Å². The minimum Gasteiger partial charge on any atom is -0.497 e. The predicted octanol–water partition coefficient (Wildman–Crippen LogP) is 6.06. The number of carbonyl (C=O) groups excluding carboxylic acids is 1. The fourth-order valence-corrected chi connectivity index (χ4v) is 5.06. The third kappa shape index (κ3) is 9.09. The summed E-state index contributed by atoms with van der Waals surface area (Å²) >= 11 is 5.74. The Morgan fingerprint density at radius 1 is 1.11 bits per heavy atom. The van der Waals surface area contributed by atoms with Gasteiger partial charge in [0.2, 0.25) is 5.91 Å². The van der Waals surface area contributed by atoms with Gasteiger partial charge in [-0.15, -0.1) is 0 Å². The minimum atomic E-state index is -0.674. The second-order valence-electron chi connectivity index (χ2n) is 10.8. The normalized spacial score (nSPS) is 12.1. The van der Waals surface area contributed by atoms with Crippen molar-refractivity contribution in [2.45, 2.75) is 45.8 Å². The lowest BCUT2D eigenvalue weighted by Crippen LogP contribution is -2.50. The molecule has 0 bridgehead atoms. The first-order chi connectivity index (χ1) is 21.7. The van der Waals surface area contributed by atoms with Crippen LogP contribution in [0.2, 0.25) is 0 Å². The van der Waals surface area contributed by atoms with Crippen LogP contribution in [-0.2, 0) is 24.3 Å². The Labute approximate surface area is 267 Å². The van der Waals surface area contributed by atoms with E-state index in [9.17, 15) is 13.6 Å². The zero-order valence-electron chi connectivity index (χ0n) is 25.5. The molecule has 0 spiro atoms. The van der Waals surface area contributed by atoms with Crippen molar-refractivity contribution in [1.82, 2.24) is 19.8 Å². The van der Waals surface area contributed by atoms with Crippen LogP contribution in [0.15, 0.2) is 79.3 Å². The summed E-state index contributed by atoms with van der Waals surface area (Å²) in [6.07, 6.45) is 4.16. The lowest BCUT2D eigenvalue weighted by atomic mass is 9.98. The SMILES string of the molecule is CC[C@H](C)[C@@H](CN(Cc1c(F)cccc1F)C(=S)Nc1ccc(OC)cc1)NC(=O)Cc1cncn1Cc1ccc(C#N)cc1. The number of imidazole rings is 1. The number of amides is 1. The number of hydrogen-bond donors (Lipinski definition) is 2. The van der Waals surface area contributed by atoms with Crippen molar-refractivity contribution in [2.75, 3.05) is 19.0 Å². The highest BCUT2D eigenvalue weighted by Crippen LogP contribution is 2.20. The van der Waals surface area contributed by atoms with Crippen LogP contribution in [0.4, 0.5) is 14.5 Å². The fourth-order valence-electron chi connectivity index (χ4n) is 4.80. The number of methoxy groups -OCH3 is 1. The molecule has 2 N–H and O–H groups in total. The summed E-state index contributed by atoms with van der Waals surface area (Å²) in [5.74, 6) is -0.865. The Balaban J connectivity index is 1.51. The molecule has 1 amide bonds. The van der Waals surface area contributed by atoms with Crippen molar-refractivity contribution in [2.24, 2.45) is 5.92 Å². The molecule has 0 aliphatic heterocycles. The zero-order valence-corrected chi connectivity index (χ0v) is 26.3. The first-order valence-corrected chi connectivity index (χ1v) is 15.0. The lowest BCUT2D eigenvalue weighted by molar-refractivity contribution is -0.121. The van der Waals surface area contributed by atoms with Gasteiger partial charge in [-0.3, -0.25) is 4.79 Å². The number of thiocarbonyl (C=S) groups is 1. The monoisotopic (exact) mass is 630 g/mol. The average Bonchev–Trinajstić information content (AvgIpc) is 3.47. The van der Waals surface area contributed by atoms with E-state index in [0.717, 1.165) is 17.7 Å². The number of carbonyl (C=O) groups is 1. The summed E-state index contributed by atoms with van der Waals surface area (Å²) in [6.45, 7) is 4.60. The summed E-state index contributed by atoms with van der Waals surface area (Å²) in [6, 6.07) is 19.9. The van der Waals surface area contributed by atoms with Gasteiger partial charge in [0, 0.05) is 42.3 Å². The number of nitrogens with zero attached hydrogens (tertiary/aromatic N) is 4. The average molecular weight is 631 g/mol. The van der Waals surface area contributed by atoms with Crippen molar-refractivity contribution < 1.29 is 18.3 Å². The molecule has 4 rings (SSSR count). The number of ether oxygens (including phenoxy) is 1. The molecule has 11 heteroatoms. The summed E-state index contributed by atoms with van der Waals surface area (Å²) in [7, 11) is 1.57. The Bertz CT molecular complexity index is 1620. The van der Waals surface area contributed by atoms with Crippen LogP contribution in [0, 0.1) is 28.9 Å². The van der Waals surface area contributed by atoms with Gasteiger partial charge in [-0.05, 0) is 72.2 Å². The number of nitriles is 1. The van der Waals surface area contributed by atoms with E-state index in [0.29, 0.717) is 23.5 Å². The van der Waals surface area contributed by atoms with E-state index in [4.69, 9.17) is 22.2 Å². The van der Waals surface area contributed by atoms with Gasteiger partial charge < -0.3 is 24.8 Å². The van der Waals surface area contributed by atoms with Crippen molar-refractivity contribution in [1.29, 1.82) is 5.26 Å². The molecule has 1 heterocycles. The minimum absolute atomic E-state index is 0.0225. The molecular formula is C34H36F2N6O2S. The fraction of sp³-hybridized carbons (Fsp3) is 0.294. The van der Waals surface area contributed by atoms with Gasteiger partial charge in [-0.25, -0.2) is 13.8 Å². The molecule has 0 saturated carbocycles. The molecule has 0 unspecified atom stereocenters. The smallest absolute Gasteiger partial charge is 0.226 e. The molecule has 0 saturated heterocycles. The number of anilines is 1.